The molecule has 1 aromatic rings. The summed E-state index contributed by atoms with van der Waals surface area (Å²) in [6, 6.07) is 8.12. The van der Waals surface area contributed by atoms with Crippen molar-refractivity contribution in [1.29, 1.82) is 0 Å². The van der Waals surface area contributed by atoms with Crippen LogP contribution in [0.4, 0.5) is 5.69 Å². The van der Waals surface area contributed by atoms with Crippen LogP contribution >= 0.6 is 0 Å². The van der Waals surface area contributed by atoms with Crippen LogP contribution in [0, 0.1) is 17.8 Å². The minimum absolute atomic E-state index is 0.0180. The summed E-state index contributed by atoms with van der Waals surface area (Å²) in [4.78, 5) is 28.2. The number of fused-ring (bicyclic) bond motifs is 3. The minimum atomic E-state index is -0.376. The lowest BCUT2D eigenvalue weighted by molar-refractivity contribution is -0.146. The van der Waals surface area contributed by atoms with E-state index in [9.17, 15) is 9.59 Å². The average Bonchev–Trinajstić information content (AvgIpc) is 2.68. The molecule has 2 aliphatic heterocycles. The fourth-order valence-electron chi connectivity index (χ4n) is 6.08. The highest BCUT2D eigenvalue weighted by Crippen LogP contribution is 2.52. The van der Waals surface area contributed by atoms with Crippen LogP contribution in [0.3, 0.4) is 0 Å². The molecule has 2 amide bonds. The molecule has 5 nitrogen and oxygen atoms in total. The van der Waals surface area contributed by atoms with Gasteiger partial charge in [-0.2, -0.15) is 0 Å². The molecule has 1 aromatic carbocycles. The molecule has 2 bridgehead atoms. The number of benzene rings is 1. The number of para-hydroxylation sites is 1. The van der Waals surface area contributed by atoms with Crippen molar-refractivity contribution in [2.24, 2.45) is 17.8 Å². The highest BCUT2D eigenvalue weighted by molar-refractivity contribution is 6.02. The zero-order chi connectivity index (χ0) is 18.6. The summed E-state index contributed by atoms with van der Waals surface area (Å²) in [7, 11) is 0. The fraction of sp³-hybridized carbons (Fsp3) is 0.636. The number of anilines is 1. The summed E-state index contributed by atoms with van der Waals surface area (Å²) in [5, 5.41) is 6.96. The van der Waals surface area contributed by atoms with Crippen molar-refractivity contribution in [2.45, 2.75) is 63.6 Å². The highest BCUT2D eigenvalue weighted by Gasteiger charge is 2.55. The molecule has 5 atom stereocenters. The quantitative estimate of drug-likeness (QED) is 0.800. The van der Waals surface area contributed by atoms with Crippen LogP contribution in [0.15, 0.2) is 24.3 Å². The number of hydrogen-bond acceptors (Lipinski definition) is 3. The molecular formula is C22H29N3O2. The topological polar surface area (TPSA) is 61.4 Å². The molecule has 6 rings (SSSR count). The van der Waals surface area contributed by atoms with Crippen molar-refractivity contribution >= 4 is 17.5 Å². The zero-order valence-corrected chi connectivity index (χ0v) is 16.0. The van der Waals surface area contributed by atoms with Crippen molar-refractivity contribution in [2.75, 3.05) is 11.9 Å². The molecule has 5 aliphatic rings. The number of carbonyl (C=O) groups is 2. The van der Waals surface area contributed by atoms with Gasteiger partial charge in [0.05, 0.1) is 5.56 Å². The van der Waals surface area contributed by atoms with Crippen molar-refractivity contribution < 1.29 is 9.59 Å². The van der Waals surface area contributed by atoms with Crippen LogP contribution in [-0.2, 0) is 4.79 Å². The average molecular weight is 367 g/mol. The molecule has 4 fully saturated rings. The van der Waals surface area contributed by atoms with Gasteiger partial charge >= 0.3 is 0 Å². The Morgan fingerprint density at radius 2 is 2.00 bits per heavy atom. The monoisotopic (exact) mass is 367 g/mol. The first-order chi connectivity index (χ1) is 13.1. The number of piperidine rings is 1. The maximum Gasteiger partial charge on any atom is 0.255 e. The Morgan fingerprint density at radius 3 is 2.78 bits per heavy atom. The van der Waals surface area contributed by atoms with Gasteiger partial charge in [-0.25, -0.2) is 0 Å². The van der Waals surface area contributed by atoms with Gasteiger partial charge in [-0.3, -0.25) is 9.59 Å². The van der Waals surface area contributed by atoms with Gasteiger partial charge in [0.15, 0.2) is 0 Å². The van der Waals surface area contributed by atoms with Crippen LogP contribution in [0.2, 0.25) is 0 Å². The fourth-order valence-corrected chi connectivity index (χ4v) is 6.08. The van der Waals surface area contributed by atoms with E-state index in [4.69, 9.17) is 0 Å². The summed E-state index contributed by atoms with van der Waals surface area (Å²) >= 11 is 0. The highest BCUT2D eigenvalue weighted by atomic mass is 16.2. The third kappa shape index (κ3) is 2.66. The Balaban J connectivity index is 1.38. The van der Waals surface area contributed by atoms with Gasteiger partial charge in [-0.1, -0.05) is 12.1 Å². The maximum atomic E-state index is 13.3. The minimum Gasteiger partial charge on any atom is -0.362 e. The van der Waals surface area contributed by atoms with Gasteiger partial charge in [0.1, 0.15) is 5.66 Å². The number of amides is 2. The molecule has 1 spiro atoms. The van der Waals surface area contributed by atoms with E-state index in [0.29, 0.717) is 23.8 Å². The molecule has 2 heterocycles. The van der Waals surface area contributed by atoms with Crippen molar-refractivity contribution in [3.63, 3.8) is 0 Å². The van der Waals surface area contributed by atoms with E-state index < -0.39 is 0 Å². The number of nitrogens with one attached hydrogen (secondary N) is 2. The van der Waals surface area contributed by atoms with Gasteiger partial charge in [0.2, 0.25) is 5.91 Å². The Hall–Kier alpha value is -2.04. The molecule has 1 saturated heterocycles. The van der Waals surface area contributed by atoms with Crippen LogP contribution in [0.25, 0.3) is 0 Å². The second-order valence-electron chi connectivity index (χ2n) is 9.05. The van der Waals surface area contributed by atoms with Gasteiger partial charge in [0.25, 0.3) is 5.91 Å². The lowest BCUT2D eigenvalue weighted by atomic mass is 9.58. The van der Waals surface area contributed by atoms with Crippen LogP contribution < -0.4 is 10.6 Å². The first kappa shape index (κ1) is 17.1. The van der Waals surface area contributed by atoms with Crippen LogP contribution in [-0.4, -0.2) is 35.0 Å². The van der Waals surface area contributed by atoms with Gasteiger partial charge < -0.3 is 15.5 Å². The molecule has 0 radical (unpaired) electrons. The third-order valence-electron chi connectivity index (χ3n) is 7.54. The Bertz CT molecular complexity index is 779. The van der Waals surface area contributed by atoms with E-state index in [1.54, 1.807) is 0 Å². The standard InChI is InChI=1S/C22H29N3O2/c1-14-6-4-5-11-25(14)21(27)18-12-16-10-9-15(18)13-22(16)23-19-8-3-2-7-17(19)20(26)24-22/h2-3,7-8,14-16,18,23H,4-6,9-13H2,1H3,(H,24,26)/t14?,15?,16?,18?,22-/m1/s1. The van der Waals surface area contributed by atoms with E-state index >= 15 is 0 Å². The first-order valence-corrected chi connectivity index (χ1v) is 10.6. The van der Waals surface area contributed by atoms with E-state index in [2.05, 4.69) is 22.5 Å². The van der Waals surface area contributed by atoms with Crippen molar-refractivity contribution in [3.05, 3.63) is 29.8 Å². The molecule has 3 aliphatic carbocycles. The summed E-state index contributed by atoms with van der Waals surface area (Å²) in [6.45, 7) is 3.11. The smallest absolute Gasteiger partial charge is 0.255 e. The first-order valence-electron chi connectivity index (χ1n) is 10.6. The molecule has 5 heteroatoms. The number of rotatable bonds is 1. The molecule has 4 unspecified atom stereocenters. The predicted octanol–water partition coefficient (Wildman–Crippen LogP) is 3.38. The van der Waals surface area contributed by atoms with Gasteiger partial charge in [-0.05, 0) is 69.9 Å². The molecule has 27 heavy (non-hydrogen) atoms. The predicted molar refractivity (Wildman–Crippen MR) is 104 cm³/mol. The second kappa shape index (κ2) is 6.25. The second-order valence-corrected chi connectivity index (χ2v) is 9.05. The van der Waals surface area contributed by atoms with E-state index in [-0.39, 0.29) is 17.5 Å². The number of likely N-dealkylation sites (tertiary alicyclic amines) is 1. The third-order valence-corrected chi connectivity index (χ3v) is 7.54. The summed E-state index contributed by atoms with van der Waals surface area (Å²) < 4.78 is 0. The number of hydrogen-bond donors (Lipinski definition) is 2. The molecule has 2 N–H and O–H groups in total. The molecule has 0 aromatic heterocycles. The largest absolute Gasteiger partial charge is 0.362 e. The lowest BCUT2D eigenvalue weighted by Crippen LogP contribution is -2.68. The van der Waals surface area contributed by atoms with Crippen LogP contribution in [0.1, 0.15) is 62.2 Å². The van der Waals surface area contributed by atoms with Crippen LogP contribution in [0.5, 0.6) is 0 Å². The van der Waals surface area contributed by atoms with Gasteiger partial charge in [0, 0.05) is 30.1 Å². The summed E-state index contributed by atoms with van der Waals surface area (Å²) in [6.07, 6.45) is 7.43. The lowest BCUT2D eigenvalue weighted by Gasteiger charge is -2.57. The van der Waals surface area contributed by atoms with Crippen molar-refractivity contribution in [1.82, 2.24) is 10.2 Å². The number of carbonyl (C=O) groups excluding carboxylic acids is 2. The maximum absolute atomic E-state index is 13.3. The number of nitrogens with zero attached hydrogens (tertiary/aromatic N) is 1. The van der Waals surface area contributed by atoms with Gasteiger partial charge in [-0.15, -0.1) is 0 Å². The Morgan fingerprint density at radius 1 is 1.15 bits per heavy atom. The van der Waals surface area contributed by atoms with E-state index in [0.717, 1.165) is 56.3 Å². The molecule has 144 valence electrons. The summed E-state index contributed by atoms with van der Waals surface area (Å²) in [5.41, 5.74) is 1.28. The molecule has 3 saturated carbocycles. The Kier molecular flexibility index (Phi) is 3.95. The SMILES string of the molecule is CC1CCCCN1C(=O)C1CC2CCC1C[C@@]21NC(=O)c2ccccc2N1. The van der Waals surface area contributed by atoms with Crippen molar-refractivity contribution in [3.8, 4) is 0 Å². The summed E-state index contributed by atoms with van der Waals surface area (Å²) in [5.74, 6) is 1.19. The Labute approximate surface area is 160 Å². The normalized spacial score (nSPS) is 37.5. The molecular weight excluding hydrogens is 338 g/mol. The van der Waals surface area contributed by atoms with E-state index in [1.807, 2.05) is 24.3 Å². The zero-order valence-electron chi connectivity index (χ0n) is 16.0. The van der Waals surface area contributed by atoms with E-state index in [1.165, 1.54) is 6.42 Å².